The van der Waals surface area contributed by atoms with Gasteiger partial charge in [-0.3, -0.25) is 20.4 Å². The van der Waals surface area contributed by atoms with Crippen LogP contribution in [-0.2, 0) is 9.59 Å². The van der Waals surface area contributed by atoms with Gasteiger partial charge in [0, 0.05) is 5.02 Å². The standard InChI is InChI=1S/C17H16Cl2N2O4/c1-11-2-5-13(6-3-11)24-9-16(22)20-21-17(23)10-25-15-7-4-12(18)8-14(15)19/h2-8H,9-10H2,1H3,(H,20,22)(H,21,23). The maximum Gasteiger partial charge on any atom is 0.276 e. The first-order chi connectivity index (χ1) is 11.9. The normalized spacial score (nSPS) is 10.0. The summed E-state index contributed by atoms with van der Waals surface area (Å²) in [7, 11) is 0. The monoisotopic (exact) mass is 382 g/mol. The van der Waals surface area contributed by atoms with Gasteiger partial charge in [0.1, 0.15) is 11.5 Å². The maximum atomic E-state index is 11.6. The third-order valence-corrected chi connectivity index (χ3v) is 3.52. The fraction of sp³-hybridized carbons (Fsp3) is 0.176. The van der Waals surface area contributed by atoms with Crippen molar-refractivity contribution in [2.75, 3.05) is 13.2 Å². The van der Waals surface area contributed by atoms with Crippen LogP contribution in [0.2, 0.25) is 10.0 Å². The summed E-state index contributed by atoms with van der Waals surface area (Å²) in [5, 5.41) is 0.749. The molecule has 2 rings (SSSR count). The molecule has 0 saturated carbocycles. The highest BCUT2D eigenvalue weighted by Crippen LogP contribution is 2.27. The first kappa shape index (κ1) is 18.9. The SMILES string of the molecule is Cc1ccc(OCC(=O)NNC(=O)COc2ccc(Cl)cc2Cl)cc1. The largest absolute Gasteiger partial charge is 0.484 e. The molecular formula is C17H16Cl2N2O4. The lowest BCUT2D eigenvalue weighted by Crippen LogP contribution is -2.45. The van der Waals surface area contributed by atoms with Crippen LogP contribution in [0.3, 0.4) is 0 Å². The zero-order valence-electron chi connectivity index (χ0n) is 13.3. The number of rotatable bonds is 6. The second kappa shape index (κ2) is 9.15. The van der Waals surface area contributed by atoms with Gasteiger partial charge in [-0.15, -0.1) is 0 Å². The number of aryl methyl sites for hydroxylation is 1. The molecule has 0 unspecified atom stereocenters. The highest BCUT2D eigenvalue weighted by molar-refractivity contribution is 6.35. The van der Waals surface area contributed by atoms with E-state index in [9.17, 15) is 9.59 Å². The number of hydrogen-bond acceptors (Lipinski definition) is 4. The Labute approximate surface area is 155 Å². The Morgan fingerprint density at radius 2 is 1.52 bits per heavy atom. The van der Waals surface area contributed by atoms with Gasteiger partial charge >= 0.3 is 0 Å². The van der Waals surface area contributed by atoms with Crippen molar-refractivity contribution in [2.24, 2.45) is 0 Å². The van der Waals surface area contributed by atoms with Crippen molar-refractivity contribution in [3.8, 4) is 11.5 Å². The van der Waals surface area contributed by atoms with Crippen LogP contribution in [-0.4, -0.2) is 25.0 Å². The van der Waals surface area contributed by atoms with Crippen molar-refractivity contribution >= 4 is 35.0 Å². The molecule has 25 heavy (non-hydrogen) atoms. The number of ether oxygens (including phenoxy) is 2. The third-order valence-electron chi connectivity index (χ3n) is 2.98. The van der Waals surface area contributed by atoms with E-state index in [0.29, 0.717) is 16.5 Å². The summed E-state index contributed by atoms with van der Waals surface area (Å²) in [6.07, 6.45) is 0. The number of carbonyl (C=O) groups is 2. The molecule has 8 heteroatoms. The molecule has 2 aromatic carbocycles. The molecule has 0 aliphatic carbocycles. The van der Waals surface area contributed by atoms with E-state index in [0.717, 1.165) is 5.56 Å². The molecule has 6 nitrogen and oxygen atoms in total. The van der Waals surface area contributed by atoms with E-state index < -0.39 is 11.8 Å². The number of amides is 2. The lowest BCUT2D eigenvalue weighted by Gasteiger charge is -2.10. The molecule has 0 radical (unpaired) electrons. The second-order valence-electron chi connectivity index (χ2n) is 5.06. The quantitative estimate of drug-likeness (QED) is 0.753. The molecule has 0 atom stereocenters. The molecule has 0 fully saturated rings. The molecule has 132 valence electrons. The van der Waals surface area contributed by atoms with E-state index in [1.807, 2.05) is 19.1 Å². The zero-order valence-corrected chi connectivity index (χ0v) is 14.9. The predicted molar refractivity (Wildman–Crippen MR) is 94.9 cm³/mol. The summed E-state index contributed by atoms with van der Waals surface area (Å²) in [6.45, 7) is 1.40. The molecule has 0 aliphatic rings. The Morgan fingerprint density at radius 3 is 2.12 bits per heavy atom. The van der Waals surface area contributed by atoms with Crippen LogP contribution in [0.15, 0.2) is 42.5 Å². The molecule has 2 aromatic rings. The minimum Gasteiger partial charge on any atom is -0.484 e. The molecule has 0 spiro atoms. The molecule has 0 saturated heterocycles. The van der Waals surface area contributed by atoms with E-state index in [4.69, 9.17) is 32.7 Å². The smallest absolute Gasteiger partial charge is 0.276 e. The molecule has 0 bridgehead atoms. The highest BCUT2D eigenvalue weighted by atomic mass is 35.5. The summed E-state index contributed by atoms with van der Waals surface area (Å²) >= 11 is 11.7. The van der Waals surface area contributed by atoms with Crippen molar-refractivity contribution < 1.29 is 19.1 Å². The van der Waals surface area contributed by atoms with Crippen molar-refractivity contribution in [3.05, 3.63) is 58.1 Å². The molecule has 0 heterocycles. The van der Waals surface area contributed by atoms with E-state index >= 15 is 0 Å². The van der Waals surface area contributed by atoms with E-state index in [2.05, 4.69) is 10.9 Å². The molecule has 0 aliphatic heterocycles. The molecular weight excluding hydrogens is 367 g/mol. The van der Waals surface area contributed by atoms with Gasteiger partial charge in [0.05, 0.1) is 5.02 Å². The average Bonchev–Trinajstić information content (AvgIpc) is 2.58. The Bertz CT molecular complexity index is 751. The van der Waals surface area contributed by atoms with Crippen molar-refractivity contribution in [1.82, 2.24) is 10.9 Å². The van der Waals surface area contributed by atoms with Crippen LogP contribution < -0.4 is 20.3 Å². The van der Waals surface area contributed by atoms with Gasteiger partial charge in [0.15, 0.2) is 13.2 Å². The first-order valence-electron chi connectivity index (χ1n) is 7.29. The summed E-state index contributed by atoms with van der Waals surface area (Å²) in [6, 6.07) is 11.9. The Morgan fingerprint density at radius 1 is 0.920 bits per heavy atom. The number of benzene rings is 2. The minimum atomic E-state index is -0.547. The van der Waals surface area contributed by atoms with Crippen LogP contribution in [0.25, 0.3) is 0 Å². The maximum absolute atomic E-state index is 11.6. The summed E-state index contributed by atoms with van der Waals surface area (Å²) < 4.78 is 10.5. The lowest BCUT2D eigenvalue weighted by atomic mass is 10.2. The Kier molecular flexibility index (Phi) is 6.91. The van der Waals surface area contributed by atoms with E-state index in [1.165, 1.54) is 6.07 Å². The van der Waals surface area contributed by atoms with Gasteiger partial charge in [-0.25, -0.2) is 0 Å². The van der Waals surface area contributed by atoms with Crippen LogP contribution >= 0.6 is 23.2 Å². The third kappa shape index (κ3) is 6.52. The van der Waals surface area contributed by atoms with Gasteiger partial charge in [-0.1, -0.05) is 40.9 Å². The Balaban J connectivity index is 1.68. The van der Waals surface area contributed by atoms with Crippen LogP contribution in [0.1, 0.15) is 5.56 Å². The number of nitrogens with one attached hydrogen (secondary N) is 2. The molecule has 2 N–H and O–H groups in total. The predicted octanol–water partition coefficient (Wildman–Crippen LogP) is 2.91. The van der Waals surface area contributed by atoms with Crippen molar-refractivity contribution in [2.45, 2.75) is 6.92 Å². The number of halogens is 2. The van der Waals surface area contributed by atoms with E-state index in [-0.39, 0.29) is 18.2 Å². The van der Waals surface area contributed by atoms with Crippen molar-refractivity contribution in [1.29, 1.82) is 0 Å². The summed E-state index contributed by atoms with van der Waals surface area (Å²) in [4.78, 5) is 23.3. The second-order valence-corrected chi connectivity index (χ2v) is 5.91. The summed E-state index contributed by atoms with van der Waals surface area (Å²) in [5.41, 5.74) is 5.53. The fourth-order valence-electron chi connectivity index (χ4n) is 1.73. The van der Waals surface area contributed by atoms with Gasteiger partial charge in [-0.05, 0) is 37.3 Å². The average molecular weight is 383 g/mol. The van der Waals surface area contributed by atoms with Gasteiger partial charge in [-0.2, -0.15) is 0 Å². The zero-order chi connectivity index (χ0) is 18.2. The van der Waals surface area contributed by atoms with E-state index in [1.54, 1.807) is 24.3 Å². The van der Waals surface area contributed by atoms with Crippen molar-refractivity contribution in [3.63, 3.8) is 0 Å². The lowest BCUT2D eigenvalue weighted by molar-refractivity contribution is -0.131. The number of hydrogen-bond donors (Lipinski definition) is 2. The van der Waals surface area contributed by atoms with Crippen LogP contribution in [0.4, 0.5) is 0 Å². The number of hydrazine groups is 1. The summed E-state index contributed by atoms with van der Waals surface area (Å²) in [5.74, 6) is -0.170. The van der Waals surface area contributed by atoms with Crippen LogP contribution in [0.5, 0.6) is 11.5 Å². The minimum absolute atomic E-state index is 0.229. The van der Waals surface area contributed by atoms with Gasteiger partial charge in [0.2, 0.25) is 0 Å². The molecule has 2 amide bonds. The topological polar surface area (TPSA) is 76.7 Å². The van der Waals surface area contributed by atoms with Crippen LogP contribution in [0, 0.1) is 6.92 Å². The highest BCUT2D eigenvalue weighted by Gasteiger charge is 2.08. The van der Waals surface area contributed by atoms with Gasteiger partial charge in [0.25, 0.3) is 11.8 Å². The molecule has 0 aromatic heterocycles. The Hall–Kier alpha value is -2.44. The number of carbonyl (C=O) groups excluding carboxylic acids is 2. The fourth-order valence-corrected chi connectivity index (χ4v) is 2.19. The van der Waals surface area contributed by atoms with Gasteiger partial charge < -0.3 is 9.47 Å². The first-order valence-corrected chi connectivity index (χ1v) is 8.04.